The molecule has 0 unspecified atom stereocenters. The SMILES string of the molecule is C=C1C(=O)O[C@@H]2/C=C/CC/C=C(\C)C[C@@H](OC(=O)CC(C)(C)O)[C@@H]12. The molecule has 0 saturated carbocycles. The number of carbonyl (C=O) groups excluding carboxylic acids is 2. The summed E-state index contributed by atoms with van der Waals surface area (Å²) in [6.07, 6.45) is 7.11. The van der Waals surface area contributed by atoms with Crippen molar-refractivity contribution in [1.82, 2.24) is 0 Å². The van der Waals surface area contributed by atoms with Gasteiger partial charge in [-0.3, -0.25) is 4.79 Å². The highest BCUT2D eigenvalue weighted by Gasteiger charge is 2.44. The second-order valence-electron chi connectivity index (χ2n) is 7.20. The Labute approximate surface area is 143 Å². The second-order valence-corrected chi connectivity index (χ2v) is 7.20. The highest BCUT2D eigenvalue weighted by molar-refractivity contribution is 5.91. The van der Waals surface area contributed by atoms with Crippen LogP contribution in [-0.2, 0) is 19.1 Å². The summed E-state index contributed by atoms with van der Waals surface area (Å²) in [4.78, 5) is 24.1. The van der Waals surface area contributed by atoms with Crippen molar-refractivity contribution >= 4 is 11.9 Å². The summed E-state index contributed by atoms with van der Waals surface area (Å²) in [5.74, 6) is -1.34. The molecule has 0 aromatic carbocycles. The fourth-order valence-corrected chi connectivity index (χ4v) is 3.06. The maximum Gasteiger partial charge on any atom is 0.334 e. The Balaban J connectivity index is 2.25. The Morgan fingerprint density at radius 1 is 1.46 bits per heavy atom. The number of hydrogen-bond acceptors (Lipinski definition) is 5. The first-order chi connectivity index (χ1) is 11.2. The molecule has 0 aromatic rings. The van der Waals surface area contributed by atoms with Crippen LogP contribution in [0.5, 0.6) is 0 Å². The fourth-order valence-electron chi connectivity index (χ4n) is 3.06. The lowest BCUT2D eigenvalue weighted by Gasteiger charge is -2.28. The quantitative estimate of drug-likeness (QED) is 0.488. The number of fused-ring (bicyclic) bond motifs is 1. The predicted molar refractivity (Wildman–Crippen MR) is 90.1 cm³/mol. The van der Waals surface area contributed by atoms with E-state index in [1.165, 1.54) is 0 Å². The van der Waals surface area contributed by atoms with Gasteiger partial charge in [0, 0.05) is 12.0 Å². The van der Waals surface area contributed by atoms with Crippen molar-refractivity contribution in [3.63, 3.8) is 0 Å². The molecule has 0 aromatic heterocycles. The third-order valence-corrected chi connectivity index (χ3v) is 4.20. The zero-order valence-corrected chi connectivity index (χ0v) is 14.6. The van der Waals surface area contributed by atoms with Crippen molar-refractivity contribution in [3.05, 3.63) is 36.0 Å². The number of rotatable bonds is 3. The van der Waals surface area contributed by atoms with Crippen LogP contribution in [0.25, 0.3) is 0 Å². The molecule has 5 nitrogen and oxygen atoms in total. The molecule has 3 atom stereocenters. The predicted octanol–water partition coefficient (Wildman–Crippen LogP) is 2.84. The Kier molecular flexibility index (Phi) is 5.65. The average molecular weight is 334 g/mol. The average Bonchev–Trinajstić information content (AvgIpc) is 2.70. The van der Waals surface area contributed by atoms with Crippen molar-refractivity contribution in [3.8, 4) is 0 Å². The Bertz CT molecular complexity index is 579. The number of ether oxygens (including phenoxy) is 2. The molecule has 24 heavy (non-hydrogen) atoms. The summed E-state index contributed by atoms with van der Waals surface area (Å²) in [6.45, 7) is 8.93. The van der Waals surface area contributed by atoms with Gasteiger partial charge in [-0.2, -0.15) is 0 Å². The molecule has 5 heteroatoms. The van der Waals surface area contributed by atoms with E-state index >= 15 is 0 Å². The number of carbonyl (C=O) groups is 2. The summed E-state index contributed by atoms with van der Waals surface area (Å²) < 4.78 is 11.0. The maximum absolute atomic E-state index is 12.2. The lowest BCUT2D eigenvalue weighted by molar-refractivity contribution is -0.156. The number of allylic oxidation sites excluding steroid dienone is 2. The van der Waals surface area contributed by atoms with Crippen molar-refractivity contribution in [2.45, 2.75) is 64.3 Å². The highest BCUT2D eigenvalue weighted by atomic mass is 16.6. The molecule has 1 saturated heterocycles. The first-order valence-corrected chi connectivity index (χ1v) is 8.31. The maximum atomic E-state index is 12.2. The highest BCUT2D eigenvalue weighted by Crippen LogP contribution is 2.35. The van der Waals surface area contributed by atoms with Gasteiger partial charge in [0.1, 0.15) is 12.2 Å². The van der Waals surface area contributed by atoms with Gasteiger partial charge in [0.05, 0.1) is 17.9 Å². The minimum atomic E-state index is -1.14. The first kappa shape index (κ1) is 18.5. The topological polar surface area (TPSA) is 72.8 Å². The molecule has 0 amide bonds. The zero-order chi connectivity index (χ0) is 17.9. The molecule has 1 heterocycles. The van der Waals surface area contributed by atoms with Crippen LogP contribution >= 0.6 is 0 Å². The van der Waals surface area contributed by atoms with Crippen LogP contribution < -0.4 is 0 Å². The summed E-state index contributed by atoms with van der Waals surface area (Å²) in [7, 11) is 0. The van der Waals surface area contributed by atoms with E-state index in [0.717, 1.165) is 18.4 Å². The smallest absolute Gasteiger partial charge is 0.334 e. The van der Waals surface area contributed by atoms with Crippen LogP contribution in [0.4, 0.5) is 0 Å². The third kappa shape index (κ3) is 4.81. The molecule has 0 spiro atoms. The molecule has 1 aliphatic carbocycles. The van der Waals surface area contributed by atoms with Gasteiger partial charge in [-0.05, 0) is 39.7 Å². The van der Waals surface area contributed by atoms with Crippen molar-refractivity contribution in [1.29, 1.82) is 0 Å². The van der Waals surface area contributed by atoms with E-state index in [1.807, 2.05) is 19.1 Å². The summed E-state index contributed by atoms with van der Waals surface area (Å²) in [5, 5.41) is 9.81. The Morgan fingerprint density at radius 3 is 2.83 bits per heavy atom. The molecule has 0 bridgehead atoms. The van der Waals surface area contributed by atoms with E-state index in [9.17, 15) is 14.7 Å². The van der Waals surface area contributed by atoms with Gasteiger partial charge in [-0.25, -0.2) is 4.79 Å². The van der Waals surface area contributed by atoms with Crippen molar-refractivity contribution < 1.29 is 24.2 Å². The van der Waals surface area contributed by atoms with Gasteiger partial charge in [0.15, 0.2) is 0 Å². The largest absolute Gasteiger partial charge is 0.461 e. The van der Waals surface area contributed by atoms with Crippen LogP contribution in [0.15, 0.2) is 36.0 Å². The second kappa shape index (κ2) is 7.34. The van der Waals surface area contributed by atoms with Crippen molar-refractivity contribution in [2.24, 2.45) is 5.92 Å². The molecular weight excluding hydrogens is 308 g/mol. The summed E-state index contributed by atoms with van der Waals surface area (Å²) in [6, 6.07) is 0. The van der Waals surface area contributed by atoms with Gasteiger partial charge < -0.3 is 14.6 Å². The molecular formula is C19H26O5. The molecule has 1 aliphatic heterocycles. The third-order valence-electron chi connectivity index (χ3n) is 4.20. The van der Waals surface area contributed by atoms with Crippen LogP contribution in [-0.4, -0.2) is 34.9 Å². The molecule has 1 N–H and O–H groups in total. The van der Waals surface area contributed by atoms with E-state index in [2.05, 4.69) is 12.7 Å². The summed E-state index contributed by atoms with van der Waals surface area (Å²) >= 11 is 0. The van der Waals surface area contributed by atoms with Crippen LogP contribution in [0.1, 0.15) is 46.5 Å². The normalized spacial score (nSPS) is 31.5. The Morgan fingerprint density at radius 2 is 2.17 bits per heavy atom. The van der Waals surface area contributed by atoms with E-state index < -0.39 is 35.7 Å². The van der Waals surface area contributed by atoms with Gasteiger partial charge in [0.25, 0.3) is 0 Å². The lowest BCUT2D eigenvalue weighted by Crippen LogP contribution is -2.35. The molecule has 0 radical (unpaired) electrons. The number of hydrogen-bond donors (Lipinski definition) is 1. The number of aliphatic hydroxyl groups is 1. The standard InChI is InChI=1S/C19H26O5/c1-12-8-6-5-7-9-14-17(13(2)18(21)24-14)15(10-12)23-16(20)11-19(3,4)22/h7-9,14-15,17,22H,2,5-6,10-11H2,1,3-4H3/b9-7+,12-8+/t14-,15-,17+/m1/s1. The first-order valence-electron chi connectivity index (χ1n) is 8.31. The Hall–Kier alpha value is -1.88. The number of esters is 2. The fraction of sp³-hybridized carbons (Fsp3) is 0.579. The molecule has 1 fully saturated rings. The van der Waals surface area contributed by atoms with E-state index in [0.29, 0.717) is 12.0 Å². The van der Waals surface area contributed by atoms with E-state index in [1.54, 1.807) is 13.8 Å². The summed E-state index contributed by atoms with van der Waals surface area (Å²) in [5.41, 5.74) is 0.285. The molecule has 2 aliphatic rings. The minimum Gasteiger partial charge on any atom is -0.461 e. The molecule has 132 valence electrons. The van der Waals surface area contributed by atoms with Gasteiger partial charge in [-0.1, -0.05) is 24.3 Å². The van der Waals surface area contributed by atoms with Crippen LogP contribution in [0, 0.1) is 5.92 Å². The zero-order valence-electron chi connectivity index (χ0n) is 14.6. The van der Waals surface area contributed by atoms with E-state index in [-0.39, 0.29) is 6.42 Å². The van der Waals surface area contributed by atoms with Gasteiger partial charge in [0.2, 0.25) is 0 Å². The van der Waals surface area contributed by atoms with Gasteiger partial charge >= 0.3 is 11.9 Å². The van der Waals surface area contributed by atoms with Gasteiger partial charge in [-0.15, -0.1) is 0 Å². The molecule has 2 rings (SSSR count). The monoisotopic (exact) mass is 334 g/mol. The minimum absolute atomic E-state index is 0.110. The van der Waals surface area contributed by atoms with Crippen LogP contribution in [0.2, 0.25) is 0 Å². The van der Waals surface area contributed by atoms with Crippen molar-refractivity contribution in [2.75, 3.05) is 0 Å². The van der Waals surface area contributed by atoms with E-state index in [4.69, 9.17) is 9.47 Å². The lowest BCUT2D eigenvalue weighted by atomic mass is 9.86. The van der Waals surface area contributed by atoms with Crippen LogP contribution in [0.3, 0.4) is 0 Å².